The summed E-state index contributed by atoms with van der Waals surface area (Å²) in [6, 6.07) is 10.5. The lowest BCUT2D eigenvalue weighted by Crippen LogP contribution is -2.36. The van der Waals surface area contributed by atoms with Crippen LogP contribution in [0.2, 0.25) is 5.02 Å². The molecule has 0 bridgehead atoms. The number of aliphatic imine (C=N–C) groups is 2. The van der Waals surface area contributed by atoms with Crippen molar-refractivity contribution in [1.29, 1.82) is 0 Å². The largest absolute Gasteiger partial charge is 0.456 e. The van der Waals surface area contributed by atoms with Gasteiger partial charge in [0.05, 0.1) is 17.7 Å². The number of benzene rings is 2. The Morgan fingerprint density at radius 1 is 1.30 bits per heavy atom. The molecule has 2 aliphatic heterocycles. The standard InChI is InChI=1S/C20H22ClN5O3S/c1-3-25(2)30(27,28)24-17-6-4-7-18(19(17)21)29-14-8-9-16-15(12-14)20-22-10-5-11-26(20)13-23-16/h4,6-9,12-13,24H,3,5,10-11H2,1-2H3. The Morgan fingerprint density at radius 2 is 2.13 bits per heavy atom. The second-order valence-corrected chi connectivity index (χ2v) is 9.07. The molecular weight excluding hydrogens is 426 g/mol. The molecule has 0 spiro atoms. The number of anilines is 1. The molecule has 0 aliphatic carbocycles. The summed E-state index contributed by atoms with van der Waals surface area (Å²) in [5.41, 5.74) is 1.97. The van der Waals surface area contributed by atoms with Crippen molar-refractivity contribution in [3.8, 4) is 11.5 Å². The number of amidine groups is 1. The second kappa shape index (κ2) is 8.25. The SMILES string of the molecule is CCN(C)S(=O)(=O)Nc1cccc(Oc2ccc3c(c2)C2=NCCCN2C=N3)c1Cl. The predicted molar refractivity (Wildman–Crippen MR) is 120 cm³/mol. The van der Waals surface area contributed by atoms with Crippen molar-refractivity contribution in [2.24, 2.45) is 9.98 Å². The van der Waals surface area contributed by atoms with Gasteiger partial charge in [-0.2, -0.15) is 12.7 Å². The molecule has 0 saturated carbocycles. The molecule has 8 nitrogen and oxygen atoms in total. The predicted octanol–water partition coefficient (Wildman–Crippen LogP) is 3.87. The van der Waals surface area contributed by atoms with Crippen LogP contribution in [-0.2, 0) is 10.2 Å². The summed E-state index contributed by atoms with van der Waals surface area (Å²) >= 11 is 6.44. The lowest BCUT2D eigenvalue weighted by Gasteiger charge is -2.29. The van der Waals surface area contributed by atoms with Crippen molar-refractivity contribution >= 4 is 45.4 Å². The summed E-state index contributed by atoms with van der Waals surface area (Å²) in [7, 11) is -2.21. The van der Waals surface area contributed by atoms with Gasteiger partial charge in [0.2, 0.25) is 0 Å². The first-order valence-electron chi connectivity index (χ1n) is 9.59. The van der Waals surface area contributed by atoms with Crippen LogP contribution in [-0.4, -0.2) is 56.5 Å². The summed E-state index contributed by atoms with van der Waals surface area (Å²) in [5.74, 6) is 1.79. The fourth-order valence-corrected chi connectivity index (χ4v) is 4.37. The van der Waals surface area contributed by atoms with E-state index in [1.807, 2.05) is 17.0 Å². The van der Waals surface area contributed by atoms with E-state index < -0.39 is 10.2 Å². The number of hydrogen-bond acceptors (Lipinski definition) is 6. The molecule has 158 valence electrons. The van der Waals surface area contributed by atoms with Crippen LogP contribution in [0, 0.1) is 0 Å². The second-order valence-electron chi connectivity index (χ2n) is 6.92. The van der Waals surface area contributed by atoms with Crippen molar-refractivity contribution in [2.45, 2.75) is 13.3 Å². The fraction of sp³-hybridized carbons (Fsp3) is 0.300. The van der Waals surface area contributed by atoms with Gasteiger partial charge in [-0.05, 0) is 36.8 Å². The topological polar surface area (TPSA) is 86.6 Å². The molecule has 0 unspecified atom stereocenters. The molecule has 10 heteroatoms. The summed E-state index contributed by atoms with van der Waals surface area (Å²) in [4.78, 5) is 11.1. The molecule has 2 aliphatic rings. The van der Waals surface area contributed by atoms with E-state index in [9.17, 15) is 8.42 Å². The van der Waals surface area contributed by atoms with Gasteiger partial charge < -0.3 is 9.64 Å². The van der Waals surface area contributed by atoms with Gasteiger partial charge >= 0.3 is 10.2 Å². The normalized spacial score (nSPS) is 15.5. The van der Waals surface area contributed by atoms with Crippen LogP contribution in [0.4, 0.5) is 11.4 Å². The Labute approximate surface area is 181 Å². The van der Waals surface area contributed by atoms with Gasteiger partial charge in [-0.25, -0.2) is 4.99 Å². The Bertz CT molecular complexity index is 1130. The fourth-order valence-electron chi connectivity index (χ4n) is 3.16. The molecule has 0 radical (unpaired) electrons. The molecule has 2 heterocycles. The highest BCUT2D eigenvalue weighted by Gasteiger charge is 2.23. The van der Waals surface area contributed by atoms with E-state index in [1.165, 1.54) is 11.4 Å². The molecular formula is C20H22ClN5O3S. The number of fused-ring (bicyclic) bond motifs is 3. The summed E-state index contributed by atoms with van der Waals surface area (Å²) in [6.07, 6.45) is 2.80. The third kappa shape index (κ3) is 4.00. The molecule has 0 saturated heterocycles. The van der Waals surface area contributed by atoms with E-state index in [2.05, 4.69) is 14.7 Å². The Hall–Kier alpha value is -2.62. The summed E-state index contributed by atoms with van der Waals surface area (Å²) in [5, 5.41) is 0.179. The lowest BCUT2D eigenvalue weighted by atomic mass is 10.1. The first-order chi connectivity index (χ1) is 14.4. The van der Waals surface area contributed by atoms with E-state index in [1.54, 1.807) is 37.5 Å². The minimum absolute atomic E-state index is 0.179. The maximum atomic E-state index is 12.3. The van der Waals surface area contributed by atoms with Crippen LogP contribution < -0.4 is 9.46 Å². The number of rotatable bonds is 6. The zero-order valence-corrected chi connectivity index (χ0v) is 18.2. The van der Waals surface area contributed by atoms with Crippen LogP contribution in [0.5, 0.6) is 11.5 Å². The minimum atomic E-state index is -3.69. The molecule has 4 rings (SSSR count). The van der Waals surface area contributed by atoms with Gasteiger partial charge in [0.25, 0.3) is 0 Å². The summed E-state index contributed by atoms with van der Waals surface area (Å²) < 4.78 is 34.3. The van der Waals surface area contributed by atoms with Crippen molar-refractivity contribution in [1.82, 2.24) is 9.21 Å². The van der Waals surface area contributed by atoms with Crippen LogP contribution in [0.25, 0.3) is 0 Å². The molecule has 0 aromatic heterocycles. The summed E-state index contributed by atoms with van der Waals surface area (Å²) in [6.45, 7) is 3.75. The number of nitrogens with zero attached hydrogens (tertiary/aromatic N) is 4. The monoisotopic (exact) mass is 447 g/mol. The first-order valence-corrected chi connectivity index (χ1v) is 11.4. The zero-order chi connectivity index (χ0) is 21.3. The van der Waals surface area contributed by atoms with E-state index in [0.717, 1.165) is 36.6 Å². The minimum Gasteiger partial charge on any atom is -0.456 e. The van der Waals surface area contributed by atoms with Crippen molar-refractivity contribution in [2.75, 3.05) is 31.4 Å². The van der Waals surface area contributed by atoms with Gasteiger partial charge in [0.1, 0.15) is 22.4 Å². The number of halogens is 1. The number of hydrogen-bond donors (Lipinski definition) is 1. The van der Waals surface area contributed by atoms with Crippen LogP contribution in [0.3, 0.4) is 0 Å². The number of ether oxygens (including phenoxy) is 1. The average molecular weight is 448 g/mol. The lowest BCUT2D eigenvalue weighted by molar-refractivity contribution is 0.482. The van der Waals surface area contributed by atoms with Gasteiger partial charge in [0, 0.05) is 32.2 Å². The molecule has 30 heavy (non-hydrogen) atoms. The molecule has 2 aromatic carbocycles. The van der Waals surface area contributed by atoms with Crippen molar-refractivity contribution in [3.05, 3.63) is 47.0 Å². The Morgan fingerprint density at radius 3 is 2.93 bits per heavy atom. The molecule has 1 N–H and O–H groups in total. The van der Waals surface area contributed by atoms with Gasteiger partial charge in [-0.3, -0.25) is 9.71 Å². The van der Waals surface area contributed by atoms with E-state index >= 15 is 0 Å². The van der Waals surface area contributed by atoms with Gasteiger partial charge in [-0.15, -0.1) is 0 Å². The third-order valence-electron chi connectivity index (χ3n) is 4.92. The van der Waals surface area contributed by atoms with Crippen LogP contribution in [0.15, 0.2) is 46.4 Å². The molecule has 0 atom stereocenters. The highest BCUT2D eigenvalue weighted by molar-refractivity contribution is 7.90. The maximum Gasteiger partial charge on any atom is 0.301 e. The highest BCUT2D eigenvalue weighted by Crippen LogP contribution is 2.37. The van der Waals surface area contributed by atoms with Gasteiger partial charge in [-0.1, -0.05) is 24.6 Å². The van der Waals surface area contributed by atoms with Gasteiger partial charge in [0.15, 0.2) is 0 Å². The average Bonchev–Trinajstić information content (AvgIpc) is 2.75. The van der Waals surface area contributed by atoms with Crippen LogP contribution >= 0.6 is 11.6 Å². The van der Waals surface area contributed by atoms with Crippen molar-refractivity contribution < 1.29 is 13.2 Å². The smallest absolute Gasteiger partial charge is 0.301 e. The Balaban J connectivity index is 1.62. The highest BCUT2D eigenvalue weighted by atomic mass is 35.5. The first kappa shape index (κ1) is 20.6. The van der Waals surface area contributed by atoms with E-state index in [-0.39, 0.29) is 10.7 Å². The quantitative estimate of drug-likeness (QED) is 0.728. The third-order valence-corrected chi connectivity index (χ3v) is 6.87. The molecule has 0 amide bonds. The van der Waals surface area contributed by atoms with Crippen molar-refractivity contribution in [3.63, 3.8) is 0 Å². The maximum absolute atomic E-state index is 12.3. The van der Waals surface area contributed by atoms with Crippen LogP contribution in [0.1, 0.15) is 18.9 Å². The Kier molecular flexibility index (Phi) is 5.68. The molecule has 0 fully saturated rings. The van der Waals surface area contributed by atoms with E-state index in [0.29, 0.717) is 18.0 Å². The number of nitrogens with one attached hydrogen (secondary N) is 1. The molecule has 2 aromatic rings. The zero-order valence-electron chi connectivity index (χ0n) is 16.7. The van der Waals surface area contributed by atoms with E-state index in [4.69, 9.17) is 16.3 Å².